The average Bonchev–Trinajstić information content (AvgIpc) is 3.01. The molecule has 2 N–H and O–H groups in total. The van der Waals surface area contributed by atoms with Gasteiger partial charge in [0.2, 0.25) is 0 Å². The Balaban J connectivity index is 1.92. The molecular weight excluding hydrogens is 378 g/mol. The van der Waals surface area contributed by atoms with Crippen LogP contribution in [0.1, 0.15) is 34.7 Å². The lowest BCUT2D eigenvalue weighted by molar-refractivity contribution is -0.916. The van der Waals surface area contributed by atoms with Gasteiger partial charge in [-0.2, -0.15) is 15.8 Å². The molecule has 2 bridgehead atoms. The van der Waals surface area contributed by atoms with E-state index in [1.807, 2.05) is 0 Å². The van der Waals surface area contributed by atoms with Gasteiger partial charge in [0.1, 0.15) is 12.0 Å². The van der Waals surface area contributed by atoms with Crippen molar-refractivity contribution in [3.05, 3.63) is 47.0 Å². The van der Waals surface area contributed by atoms with Crippen molar-refractivity contribution in [3.63, 3.8) is 0 Å². The summed E-state index contributed by atoms with van der Waals surface area (Å²) in [6, 6.07) is 13.6. The van der Waals surface area contributed by atoms with Crippen LogP contribution >= 0.6 is 0 Å². The molecule has 2 unspecified atom stereocenters. The first-order chi connectivity index (χ1) is 14.4. The molecule has 6 atom stereocenters. The van der Waals surface area contributed by atoms with E-state index < -0.39 is 23.2 Å². The van der Waals surface area contributed by atoms with E-state index in [1.54, 1.807) is 24.3 Å². The molecule has 1 saturated heterocycles. The van der Waals surface area contributed by atoms with Crippen LogP contribution < -0.4 is 4.90 Å². The number of benzene rings is 1. The zero-order chi connectivity index (χ0) is 21.6. The summed E-state index contributed by atoms with van der Waals surface area (Å²) in [4.78, 5) is 13.2. The van der Waals surface area contributed by atoms with Crippen molar-refractivity contribution >= 4 is 11.7 Å². The molecule has 2 aliphatic heterocycles. The monoisotopic (exact) mass is 400 g/mol. The zero-order valence-electron chi connectivity index (χ0n) is 16.8. The SMILES string of the molecule is COC(=O)c1ccc([C@H]2[C@@H]3C(=C[C@H]4CC[C@@H]3[NH+]4C)C(C#N)C(=N)C2(C#N)C#N)cc1. The Morgan fingerprint density at radius 3 is 2.43 bits per heavy atom. The maximum Gasteiger partial charge on any atom is 0.337 e. The van der Waals surface area contributed by atoms with Gasteiger partial charge in [0.25, 0.3) is 0 Å². The first kappa shape index (κ1) is 19.8. The smallest absolute Gasteiger partial charge is 0.337 e. The maximum atomic E-state index is 11.8. The lowest BCUT2D eigenvalue weighted by atomic mass is 9.53. The molecule has 0 radical (unpaired) electrons. The maximum absolute atomic E-state index is 11.8. The lowest BCUT2D eigenvalue weighted by Gasteiger charge is -2.48. The van der Waals surface area contributed by atoms with E-state index in [0.29, 0.717) is 11.6 Å². The number of fused-ring (bicyclic) bond motifs is 4. The second-order valence-electron chi connectivity index (χ2n) is 8.33. The molecule has 0 aromatic heterocycles. The van der Waals surface area contributed by atoms with E-state index in [9.17, 15) is 20.6 Å². The van der Waals surface area contributed by atoms with Gasteiger partial charge in [-0.1, -0.05) is 12.1 Å². The van der Waals surface area contributed by atoms with Gasteiger partial charge in [0.15, 0.2) is 5.41 Å². The van der Waals surface area contributed by atoms with E-state index >= 15 is 0 Å². The number of hydrogen-bond acceptors (Lipinski definition) is 6. The van der Waals surface area contributed by atoms with Crippen molar-refractivity contribution in [2.45, 2.75) is 30.8 Å². The van der Waals surface area contributed by atoms with Gasteiger partial charge in [-0.05, 0) is 29.3 Å². The fraction of sp³-hybridized carbons (Fsp3) is 0.435. The fourth-order valence-electron chi connectivity index (χ4n) is 5.71. The van der Waals surface area contributed by atoms with E-state index in [0.717, 1.165) is 24.0 Å². The largest absolute Gasteiger partial charge is 0.465 e. The van der Waals surface area contributed by atoms with Crippen LogP contribution in [-0.4, -0.2) is 37.9 Å². The molecule has 7 nitrogen and oxygen atoms in total. The Kier molecular flexibility index (Phi) is 4.69. The molecular formula is C23H22N5O2+. The average molecular weight is 400 g/mol. The summed E-state index contributed by atoms with van der Waals surface area (Å²) in [5.74, 6) is -2.08. The predicted molar refractivity (Wildman–Crippen MR) is 106 cm³/mol. The highest BCUT2D eigenvalue weighted by Gasteiger charge is 2.62. The quantitative estimate of drug-likeness (QED) is 0.573. The van der Waals surface area contributed by atoms with E-state index in [1.165, 1.54) is 12.0 Å². The Bertz CT molecular complexity index is 1050. The topological polar surface area (TPSA) is 126 Å². The molecule has 150 valence electrons. The number of quaternary nitrogens is 1. The van der Waals surface area contributed by atoms with Crippen LogP contribution in [0.25, 0.3) is 0 Å². The van der Waals surface area contributed by atoms with Crippen LogP contribution in [-0.2, 0) is 4.74 Å². The Labute approximate surface area is 175 Å². The number of nitrogens with zero attached hydrogens (tertiary/aromatic N) is 3. The number of carbonyl (C=O) groups excluding carboxylic acids is 1. The van der Waals surface area contributed by atoms with Crippen molar-refractivity contribution in [1.29, 1.82) is 21.2 Å². The molecule has 0 spiro atoms. The lowest BCUT2D eigenvalue weighted by Crippen LogP contribution is -3.15. The van der Waals surface area contributed by atoms with Gasteiger partial charge in [-0.25, -0.2) is 4.79 Å². The summed E-state index contributed by atoms with van der Waals surface area (Å²) in [6.45, 7) is 0. The van der Waals surface area contributed by atoms with Gasteiger partial charge in [0, 0.05) is 24.7 Å². The summed E-state index contributed by atoms with van der Waals surface area (Å²) in [6.07, 6.45) is 4.04. The minimum atomic E-state index is -1.73. The number of ether oxygens (including phenoxy) is 1. The fourth-order valence-corrected chi connectivity index (χ4v) is 5.71. The summed E-state index contributed by atoms with van der Waals surface area (Å²) < 4.78 is 4.76. The van der Waals surface area contributed by atoms with Gasteiger partial charge < -0.3 is 15.0 Å². The third-order valence-electron chi connectivity index (χ3n) is 7.22. The minimum absolute atomic E-state index is 0.140. The highest BCUT2D eigenvalue weighted by molar-refractivity contribution is 6.01. The second-order valence-corrected chi connectivity index (χ2v) is 8.33. The number of hydrogen-bond donors (Lipinski definition) is 2. The van der Waals surface area contributed by atoms with Crippen molar-refractivity contribution in [1.82, 2.24) is 0 Å². The molecule has 1 aromatic carbocycles. The van der Waals surface area contributed by atoms with Crippen LogP contribution in [0.5, 0.6) is 0 Å². The van der Waals surface area contributed by atoms with Crippen molar-refractivity contribution in [3.8, 4) is 18.2 Å². The molecule has 7 heteroatoms. The molecule has 30 heavy (non-hydrogen) atoms. The molecule has 4 rings (SSSR count). The molecule has 2 heterocycles. The standard InChI is InChI=1S/C23H21N5O2/c1-28-15-7-8-18(28)19-16(9-15)17(10-24)21(27)23(11-25,12-26)20(19)13-3-5-14(6-4-13)22(29)30-2/h3-6,9,15,17-20,27H,7-8H2,1-2H3/p+1/t15-,17?,18+,19-,20+/m1/s1. The van der Waals surface area contributed by atoms with E-state index in [4.69, 9.17) is 10.1 Å². The van der Waals surface area contributed by atoms with Crippen LogP contribution in [0.2, 0.25) is 0 Å². The van der Waals surface area contributed by atoms with E-state index in [-0.39, 0.29) is 17.7 Å². The molecule has 1 aromatic rings. The zero-order valence-corrected chi connectivity index (χ0v) is 16.8. The first-order valence-electron chi connectivity index (χ1n) is 9.97. The van der Waals surface area contributed by atoms with Gasteiger partial charge in [-0.15, -0.1) is 0 Å². The third kappa shape index (κ3) is 2.51. The second kappa shape index (κ2) is 7.10. The van der Waals surface area contributed by atoms with Crippen molar-refractivity contribution in [2.24, 2.45) is 17.3 Å². The Hall–Kier alpha value is -3.47. The number of carbonyl (C=O) groups is 1. The van der Waals surface area contributed by atoms with Gasteiger partial charge in [0.05, 0.1) is 49.7 Å². The number of nitriles is 3. The minimum Gasteiger partial charge on any atom is -0.465 e. The van der Waals surface area contributed by atoms with Crippen LogP contribution in [0.3, 0.4) is 0 Å². The number of rotatable bonds is 2. The normalized spacial score (nSPS) is 33.3. The molecule has 1 aliphatic carbocycles. The van der Waals surface area contributed by atoms with Crippen LogP contribution in [0.15, 0.2) is 35.9 Å². The summed E-state index contributed by atoms with van der Waals surface area (Å²) in [5.41, 5.74) is 0.109. The van der Waals surface area contributed by atoms with Gasteiger partial charge in [-0.3, -0.25) is 0 Å². The van der Waals surface area contributed by atoms with Crippen molar-refractivity contribution in [2.75, 3.05) is 14.2 Å². The number of likely N-dealkylation sites (N-methyl/N-ethyl adjacent to an activating group) is 1. The summed E-state index contributed by atoms with van der Waals surface area (Å²) in [5, 5.41) is 38.8. The van der Waals surface area contributed by atoms with Crippen LogP contribution in [0.4, 0.5) is 0 Å². The summed E-state index contributed by atoms with van der Waals surface area (Å²) in [7, 11) is 3.43. The highest BCUT2D eigenvalue weighted by Crippen LogP contribution is 2.55. The van der Waals surface area contributed by atoms with Gasteiger partial charge >= 0.3 is 5.97 Å². The Morgan fingerprint density at radius 1 is 1.20 bits per heavy atom. The molecule has 0 amide bonds. The Morgan fingerprint density at radius 2 is 1.87 bits per heavy atom. The first-order valence-corrected chi connectivity index (χ1v) is 9.97. The van der Waals surface area contributed by atoms with E-state index in [2.05, 4.69) is 31.3 Å². The molecule has 3 aliphatic rings. The number of esters is 1. The number of methoxy groups -OCH3 is 1. The highest BCUT2D eigenvalue weighted by atomic mass is 16.5. The predicted octanol–water partition coefficient (Wildman–Crippen LogP) is 1.37. The summed E-state index contributed by atoms with van der Waals surface area (Å²) >= 11 is 0. The van der Waals surface area contributed by atoms with Crippen molar-refractivity contribution < 1.29 is 14.4 Å². The third-order valence-corrected chi connectivity index (χ3v) is 7.22. The van der Waals surface area contributed by atoms with Crippen LogP contribution in [0, 0.1) is 56.7 Å². The molecule has 1 saturated carbocycles. The number of nitrogens with one attached hydrogen (secondary N) is 2. The molecule has 2 fully saturated rings.